The number of rotatable bonds is 3. The van der Waals surface area contributed by atoms with Crippen LogP contribution in [0.3, 0.4) is 0 Å². The van der Waals surface area contributed by atoms with Crippen molar-refractivity contribution in [3.63, 3.8) is 0 Å². The highest BCUT2D eigenvalue weighted by Gasteiger charge is 2.19. The van der Waals surface area contributed by atoms with Gasteiger partial charge in [-0.1, -0.05) is 140 Å². The van der Waals surface area contributed by atoms with Crippen molar-refractivity contribution < 1.29 is 0 Å². The molecule has 0 fully saturated rings. The van der Waals surface area contributed by atoms with Gasteiger partial charge in [0.1, 0.15) is 0 Å². The summed E-state index contributed by atoms with van der Waals surface area (Å²) in [6.45, 7) is 0. The zero-order valence-electron chi connectivity index (χ0n) is 22.6. The van der Waals surface area contributed by atoms with Gasteiger partial charge < -0.3 is 0 Å². The van der Waals surface area contributed by atoms with Crippen molar-refractivity contribution in [3.8, 4) is 44.5 Å². The first-order valence-corrected chi connectivity index (χ1v) is 14.4. The Balaban J connectivity index is 1.17. The van der Waals surface area contributed by atoms with Crippen LogP contribution in [0.2, 0.25) is 0 Å². The smallest absolute Gasteiger partial charge is 0.00134 e. The van der Waals surface area contributed by atoms with Gasteiger partial charge in [0, 0.05) is 0 Å². The molecule has 190 valence electrons. The number of hydrogen-bond acceptors (Lipinski definition) is 0. The highest BCUT2D eigenvalue weighted by Crippen LogP contribution is 2.43. The summed E-state index contributed by atoms with van der Waals surface area (Å²) in [6.07, 6.45) is 1.03. The van der Waals surface area contributed by atoms with Crippen molar-refractivity contribution in [3.05, 3.63) is 157 Å². The summed E-state index contributed by atoms with van der Waals surface area (Å²) < 4.78 is 0. The molecule has 0 saturated heterocycles. The average molecular weight is 519 g/mol. The summed E-state index contributed by atoms with van der Waals surface area (Å²) in [6, 6.07) is 54.0. The maximum Gasteiger partial charge on any atom is -0.00134 e. The molecule has 9 rings (SSSR count). The quantitative estimate of drug-likeness (QED) is 0.204. The highest BCUT2D eigenvalue weighted by atomic mass is 14.2. The average Bonchev–Trinajstić information content (AvgIpc) is 3.42. The molecule has 0 heteroatoms. The van der Waals surface area contributed by atoms with Crippen LogP contribution in [0.25, 0.3) is 76.8 Å². The van der Waals surface area contributed by atoms with Crippen molar-refractivity contribution in [2.75, 3.05) is 0 Å². The molecule has 0 bridgehead atoms. The number of benzene rings is 8. The zero-order chi connectivity index (χ0) is 26.9. The first-order chi connectivity index (χ1) is 20.3. The van der Waals surface area contributed by atoms with E-state index in [0.717, 1.165) is 6.42 Å². The molecular formula is C41H26. The predicted molar refractivity (Wildman–Crippen MR) is 175 cm³/mol. The van der Waals surface area contributed by atoms with E-state index in [-0.39, 0.29) is 0 Å². The zero-order valence-corrected chi connectivity index (χ0v) is 22.6. The molecule has 1 aliphatic carbocycles. The molecule has 0 atom stereocenters. The predicted octanol–water partition coefficient (Wildman–Crippen LogP) is 11.2. The Labute approximate surface area is 239 Å². The summed E-state index contributed by atoms with van der Waals surface area (Å²) in [4.78, 5) is 0. The molecule has 0 radical (unpaired) electrons. The van der Waals surface area contributed by atoms with E-state index in [1.54, 1.807) is 0 Å². The Kier molecular flexibility index (Phi) is 4.77. The first kappa shape index (κ1) is 22.6. The van der Waals surface area contributed by atoms with E-state index in [9.17, 15) is 0 Å². The molecule has 0 nitrogen and oxygen atoms in total. The summed E-state index contributed by atoms with van der Waals surface area (Å²) >= 11 is 0. The Morgan fingerprint density at radius 3 is 1.56 bits per heavy atom. The van der Waals surface area contributed by atoms with E-state index < -0.39 is 0 Å². The van der Waals surface area contributed by atoms with E-state index in [0.29, 0.717) is 0 Å². The molecule has 0 saturated carbocycles. The van der Waals surface area contributed by atoms with Crippen molar-refractivity contribution in [2.24, 2.45) is 0 Å². The molecular weight excluding hydrogens is 492 g/mol. The van der Waals surface area contributed by atoms with Gasteiger partial charge in [-0.2, -0.15) is 0 Å². The number of hydrogen-bond donors (Lipinski definition) is 0. The molecule has 8 aromatic rings. The second-order valence-electron chi connectivity index (χ2n) is 11.3. The van der Waals surface area contributed by atoms with Crippen LogP contribution < -0.4 is 0 Å². The first-order valence-electron chi connectivity index (χ1n) is 14.4. The van der Waals surface area contributed by atoms with E-state index >= 15 is 0 Å². The molecule has 0 spiro atoms. The van der Waals surface area contributed by atoms with Crippen LogP contribution in [0.1, 0.15) is 11.1 Å². The van der Waals surface area contributed by atoms with Crippen LogP contribution in [0.15, 0.2) is 146 Å². The fourth-order valence-electron chi connectivity index (χ4n) is 7.07. The normalized spacial score (nSPS) is 12.3. The van der Waals surface area contributed by atoms with Crippen molar-refractivity contribution >= 4 is 32.3 Å². The third kappa shape index (κ3) is 3.41. The third-order valence-electron chi connectivity index (χ3n) is 9.08. The minimum atomic E-state index is 1.03. The minimum absolute atomic E-state index is 1.03. The second-order valence-corrected chi connectivity index (χ2v) is 11.3. The molecule has 0 amide bonds. The van der Waals surface area contributed by atoms with Gasteiger partial charge in [0.2, 0.25) is 0 Å². The van der Waals surface area contributed by atoms with Crippen molar-refractivity contribution in [1.29, 1.82) is 0 Å². The lowest BCUT2D eigenvalue weighted by molar-refractivity contribution is 1.26. The lowest BCUT2D eigenvalue weighted by Crippen LogP contribution is -1.89. The van der Waals surface area contributed by atoms with E-state index in [2.05, 4.69) is 146 Å². The van der Waals surface area contributed by atoms with E-state index in [4.69, 9.17) is 0 Å². The van der Waals surface area contributed by atoms with Crippen LogP contribution in [-0.2, 0) is 6.42 Å². The van der Waals surface area contributed by atoms with Crippen LogP contribution in [0.4, 0.5) is 0 Å². The van der Waals surface area contributed by atoms with Crippen LogP contribution >= 0.6 is 0 Å². The maximum atomic E-state index is 2.37. The van der Waals surface area contributed by atoms with Gasteiger partial charge in [-0.15, -0.1) is 0 Å². The maximum absolute atomic E-state index is 2.37. The molecule has 0 N–H and O–H groups in total. The molecule has 0 aliphatic heterocycles. The summed E-state index contributed by atoms with van der Waals surface area (Å²) in [7, 11) is 0. The Morgan fingerprint density at radius 2 is 0.854 bits per heavy atom. The lowest BCUT2D eigenvalue weighted by atomic mass is 9.87. The van der Waals surface area contributed by atoms with Crippen LogP contribution in [0.5, 0.6) is 0 Å². The van der Waals surface area contributed by atoms with Gasteiger partial charge in [-0.25, -0.2) is 0 Å². The summed E-state index contributed by atoms with van der Waals surface area (Å²) in [5, 5.41) is 7.94. The molecule has 0 heterocycles. The van der Waals surface area contributed by atoms with Crippen LogP contribution in [-0.4, -0.2) is 0 Å². The SMILES string of the molecule is c1ccc(-c2ccc3ccc4c(-c5ccc(-c6ccc7c(c6)-c6ccccc6C7)cc5)ccc5ccc2c3c54)cc1. The number of fused-ring (bicyclic) bond motifs is 3. The van der Waals surface area contributed by atoms with Gasteiger partial charge in [-0.05, 0) is 100 Å². The topological polar surface area (TPSA) is 0 Å². The van der Waals surface area contributed by atoms with Gasteiger partial charge in [0.05, 0.1) is 0 Å². The largest absolute Gasteiger partial charge is 0.0622 e. The van der Waals surface area contributed by atoms with Gasteiger partial charge >= 0.3 is 0 Å². The molecule has 41 heavy (non-hydrogen) atoms. The van der Waals surface area contributed by atoms with Gasteiger partial charge in [-0.3, -0.25) is 0 Å². The minimum Gasteiger partial charge on any atom is -0.0622 e. The fraction of sp³-hybridized carbons (Fsp3) is 0.0244. The Hall–Kier alpha value is -5.20. The molecule has 1 aliphatic rings. The van der Waals surface area contributed by atoms with Crippen molar-refractivity contribution in [2.45, 2.75) is 6.42 Å². The summed E-state index contributed by atoms with van der Waals surface area (Å²) in [5.74, 6) is 0. The molecule has 8 aromatic carbocycles. The standard InChI is InChI=1S/C41H26/c1-2-6-27(7-3-1)35-20-16-29-19-23-38-36(21-17-30-18-22-37(35)40(29)41(30)38)28-12-10-26(11-13-28)31-14-15-33-24-32-8-4-5-9-34(32)39(33)25-31/h1-23,25H,24H2. The second kappa shape index (κ2) is 8.65. The fourth-order valence-corrected chi connectivity index (χ4v) is 7.07. The molecule has 0 unspecified atom stereocenters. The monoisotopic (exact) mass is 518 g/mol. The van der Waals surface area contributed by atoms with Gasteiger partial charge in [0.25, 0.3) is 0 Å². The Bertz CT molecular complexity index is 2250. The molecule has 0 aromatic heterocycles. The van der Waals surface area contributed by atoms with E-state index in [1.165, 1.54) is 88.0 Å². The van der Waals surface area contributed by atoms with E-state index in [1.807, 2.05) is 0 Å². The Morgan fingerprint density at radius 1 is 0.317 bits per heavy atom. The van der Waals surface area contributed by atoms with Gasteiger partial charge in [0.15, 0.2) is 0 Å². The summed E-state index contributed by atoms with van der Waals surface area (Å²) in [5.41, 5.74) is 13.2. The highest BCUT2D eigenvalue weighted by molar-refractivity contribution is 6.27. The van der Waals surface area contributed by atoms with Crippen molar-refractivity contribution in [1.82, 2.24) is 0 Å². The lowest BCUT2D eigenvalue weighted by Gasteiger charge is -2.16. The van der Waals surface area contributed by atoms with Crippen LogP contribution in [0, 0.1) is 0 Å². The third-order valence-corrected chi connectivity index (χ3v) is 9.08.